The van der Waals surface area contributed by atoms with Crippen molar-refractivity contribution < 1.29 is 14.3 Å². The van der Waals surface area contributed by atoms with E-state index in [1.807, 2.05) is 18.2 Å². The average molecular weight is 388 g/mol. The summed E-state index contributed by atoms with van der Waals surface area (Å²) in [5.74, 6) is -0.471. The van der Waals surface area contributed by atoms with Crippen LogP contribution in [0, 0.1) is 3.57 Å². The highest BCUT2D eigenvalue weighted by Gasteiger charge is 2.33. The van der Waals surface area contributed by atoms with Crippen molar-refractivity contribution in [2.75, 3.05) is 26.2 Å². The number of halogens is 1. The summed E-state index contributed by atoms with van der Waals surface area (Å²) in [4.78, 5) is 26.1. The van der Waals surface area contributed by atoms with Gasteiger partial charge in [-0.15, -0.1) is 0 Å². The molecule has 1 aromatic rings. The van der Waals surface area contributed by atoms with Crippen LogP contribution >= 0.6 is 22.6 Å². The molecule has 0 radical (unpaired) electrons. The van der Waals surface area contributed by atoms with Crippen molar-refractivity contribution in [3.8, 4) is 0 Å². The molecular formula is C14H17IN2O3. The minimum absolute atomic E-state index is 0.122. The largest absolute Gasteiger partial charge is 0.464 e. The zero-order chi connectivity index (χ0) is 14.5. The summed E-state index contributed by atoms with van der Waals surface area (Å²) >= 11 is 2.17. The monoisotopic (exact) mass is 388 g/mol. The Labute approximate surface area is 131 Å². The zero-order valence-corrected chi connectivity index (χ0v) is 13.4. The molecule has 1 N–H and O–H groups in total. The van der Waals surface area contributed by atoms with Gasteiger partial charge in [0.1, 0.15) is 6.04 Å². The molecule has 0 aliphatic carbocycles. The Morgan fingerprint density at radius 1 is 1.50 bits per heavy atom. The molecule has 0 saturated carbocycles. The van der Waals surface area contributed by atoms with E-state index in [2.05, 4.69) is 27.9 Å². The lowest BCUT2D eigenvalue weighted by molar-refractivity contribution is -0.149. The van der Waals surface area contributed by atoms with Gasteiger partial charge in [-0.2, -0.15) is 0 Å². The quantitative estimate of drug-likeness (QED) is 0.626. The Balaban J connectivity index is 2.19. The predicted molar refractivity (Wildman–Crippen MR) is 83.5 cm³/mol. The molecule has 20 heavy (non-hydrogen) atoms. The molecule has 1 unspecified atom stereocenters. The van der Waals surface area contributed by atoms with Crippen molar-refractivity contribution in [2.45, 2.75) is 13.0 Å². The fourth-order valence-corrected chi connectivity index (χ4v) is 2.73. The van der Waals surface area contributed by atoms with Gasteiger partial charge in [-0.1, -0.05) is 6.07 Å². The molecule has 0 spiro atoms. The Morgan fingerprint density at radius 2 is 2.30 bits per heavy atom. The van der Waals surface area contributed by atoms with Crippen LogP contribution < -0.4 is 5.32 Å². The summed E-state index contributed by atoms with van der Waals surface area (Å²) in [5, 5.41) is 3.13. The highest BCUT2D eigenvalue weighted by Crippen LogP contribution is 2.14. The summed E-state index contributed by atoms with van der Waals surface area (Å²) in [6.07, 6.45) is 0. The smallest absolute Gasteiger partial charge is 0.330 e. The fraction of sp³-hybridized carbons (Fsp3) is 0.429. The Bertz CT molecular complexity index is 507. The minimum Gasteiger partial charge on any atom is -0.464 e. The number of nitrogens with one attached hydrogen (secondary N) is 1. The standard InChI is InChI=1S/C14H17IN2O3/c1-2-20-14(19)12-9-16-6-7-17(12)13(18)10-4-3-5-11(15)8-10/h3-5,8,12,16H,2,6-7,9H2,1H3. The van der Waals surface area contributed by atoms with Gasteiger partial charge in [0.15, 0.2) is 0 Å². The molecule has 1 aliphatic heterocycles. The number of amides is 1. The Kier molecular flexibility index (Phi) is 5.36. The van der Waals surface area contributed by atoms with E-state index in [9.17, 15) is 9.59 Å². The lowest BCUT2D eigenvalue weighted by Crippen LogP contribution is -2.57. The zero-order valence-electron chi connectivity index (χ0n) is 11.3. The van der Waals surface area contributed by atoms with Crippen molar-refractivity contribution in [3.05, 3.63) is 33.4 Å². The lowest BCUT2D eigenvalue weighted by atomic mass is 10.1. The molecule has 0 bridgehead atoms. The van der Waals surface area contributed by atoms with E-state index in [0.717, 1.165) is 3.57 Å². The van der Waals surface area contributed by atoms with Crippen LogP contribution in [-0.2, 0) is 9.53 Å². The van der Waals surface area contributed by atoms with Gasteiger partial charge in [0.2, 0.25) is 0 Å². The van der Waals surface area contributed by atoms with Crippen molar-refractivity contribution >= 4 is 34.5 Å². The van der Waals surface area contributed by atoms with E-state index >= 15 is 0 Å². The van der Waals surface area contributed by atoms with Crippen LogP contribution in [0.5, 0.6) is 0 Å². The molecule has 1 heterocycles. The maximum atomic E-state index is 12.6. The first kappa shape index (κ1) is 15.2. The number of benzene rings is 1. The van der Waals surface area contributed by atoms with Crippen molar-refractivity contribution in [1.82, 2.24) is 10.2 Å². The molecule has 5 nitrogen and oxygen atoms in total. The van der Waals surface area contributed by atoms with Gasteiger partial charge in [0.25, 0.3) is 5.91 Å². The normalized spacial score (nSPS) is 18.7. The number of hydrogen-bond donors (Lipinski definition) is 1. The molecule has 6 heteroatoms. The third-order valence-corrected chi connectivity index (χ3v) is 3.81. The number of piperazine rings is 1. The fourth-order valence-electron chi connectivity index (χ4n) is 2.18. The van der Waals surface area contributed by atoms with Crippen LogP contribution in [0.4, 0.5) is 0 Å². The number of carbonyl (C=O) groups excluding carboxylic acids is 2. The molecule has 1 saturated heterocycles. The van der Waals surface area contributed by atoms with Gasteiger partial charge >= 0.3 is 5.97 Å². The SMILES string of the molecule is CCOC(=O)C1CNCCN1C(=O)c1cccc(I)c1. The molecule has 1 fully saturated rings. The Hall–Kier alpha value is -1.15. The van der Waals surface area contributed by atoms with Gasteiger partial charge in [-0.25, -0.2) is 4.79 Å². The summed E-state index contributed by atoms with van der Waals surface area (Å²) in [6.45, 7) is 3.72. The van der Waals surface area contributed by atoms with Crippen LogP contribution in [0.15, 0.2) is 24.3 Å². The summed E-state index contributed by atoms with van der Waals surface area (Å²) < 4.78 is 6.04. The van der Waals surface area contributed by atoms with E-state index in [1.54, 1.807) is 17.9 Å². The number of hydrogen-bond acceptors (Lipinski definition) is 4. The average Bonchev–Trinajstić information content (AvgIpc) is 2.47. The van der Waals surface area contributed by atoms with Crippen LogP contribution in [0.2, 0.25) is 0 Å². The van der Waals surface area contributed by atoms with E-state index in [-0.39, 0.29) is 11.9 Å². The second-order valence-electron chi connectivity index (χ2n) is 4.48. The topological polar surface area (TPSA) is 58.6 Å². The van der Waals surface area contributed by atoms with Crippen LogP contribution in [0.1, 0.15) is 17.3 Å². The molecule has 0 aromatic heterocycles. The molecule has 1 amide bonds. The van der Waals surface area contributed by atoms with E-state index in [1.165, 1.54) is 0 Å². The van der Waals surface area contributed by atoms with Gasteiger partial charge < -0.3 is 15.0 Å². The highest BCUT2D eigenvalue weighted by atomic mass is 127. The maximum Gasteiger partial charge on any atom is 0.330 e. The number of rotatable bonds is 3. The lowest BCUT2D eigenvalue weighted by Gasteiger charge is -2.34. The molecular weight excluding hydrogens is 371 g/mol. The summed E-state index contributed by atoms with van der Waals surface area (Å²) in [5.41, 5.74) is 0.605. The number of esters is 1. The number of ether oxygens (including phenoxy) is 1. The second-order valence-corrected chi connectivity index (χ2v) is 5.73. The molecule has 2 rings (SSSR count). The highest BCUT2D eigenvalue weighted by molar-refractivity contribution is 14.1. The van der Waals surface area contributed by atoms with E-state index < -0.39 is 6.04 Å². The number of nitrogens with zero attached hydrogens (tertiary/aromatic N) is 1. The summed E-state index contributed by atoms with van der Waals surface area (Å²) in [7, 11) is 0. The first-order chi connectivity index (χ1) is 9.63. The third-order valence-electron chi connectivity index (χ3n) is 3.13. The molecule has 108 valence electrons. The maximum absolute atomic E-state index is 12.6. The number of carbonyl (C=O) groups is 2. The molecule has 1 atom stereocenters. The van der Waals surface area contributed by atoms with Crippen molar-refractivity contribution in [2.24, 2.45) is 0 Å². The van der Waals surface area contributed by atoms with E-state index in [4.69, 9.17) is 4.74 Å². The van der Waals surface area contributed by atoms with Crippen molar-refractivity contribution in [3.63, 3.8) is 0 Å². The van der Waals surface area contributed by atoms with Crippen LogP contribution in [0.25, 0.3) is 0 Å². The van der Waals surface area contributed by atoms with Gasteiger partial charge in [0.05, 0.1) is 6.61 Å². The second kappa shape index (κ2) is 7.03. The first-order valence-electron chi connectivity index (χ1n) is 6.57. The molecule has 1 aromatic carbocycles. The Morgan fingerprint density at radius 3 is 3.00 bits per heavy atom. The minimum atomic E-state index is -0.547. The van der Waals surface area contributed by atoms with Gasteiger partial charge in [-0.05, 0) is 47.7 Å². The van der Waals surface area contributed by atoms with Crippen LogP contribution in [-0.4, -0.2) is 49.1 Å². The summed E-state index contributed by atoms with van der Waals surface area (Å²) in [6, 6.07) is 6.82. The van der Waals surface area contributed by atoms with E-state index in [0.29, 0.717) is 31.8 Å². The third kappa shape index (κ3) is 3.49. The van der Waals surface area contributed by atoms with Crippen LogP contribution in [0.3, 0.4) is 0 Å². The first-order valence-corrected chi connectivity index (χ1v) is 7.65. The van der Waals surface area contributed by atoms with Gasteiger partial charge in [0, 0.05) is 28.8 Å². The predicted octanol–water partition coefficient (Wildman–Crippen LogP) is 1.27. The molecule has 1 aliphatic rings. The van der Waals surface area contributed by atoms with Gasteiger partial charge in [-0.3, -0.25) is 4.79 Å². The van der Waals surface area contributed by atoms with Crippen molar-refractivity contribution in [1.29, 1.82) is 0 Å².